The van der Waals surface area contributed by atoms with Gasteiger partial charge in [0.1, 0.15) is 0 Å². The Bertz CT molecular complexity index is 216. The van der Waals surface area contributed by atoms with Crippen LogP contribution in [0.5, 0.6) is 0 Å². The van der Waals surface area contributed by atoms with Crippen molar-refractivity contribution in [2.24, 2.45) is 0 Å². The molecule has 0 bridgehead atoms. The zero-order valence-corrected chi connectivity index (χ0v) is 14.8. The van der Waals surface area contributed by atoms with Crippen molar-refractivity contribution in [3.8, 4) is 0 Å². The molecule has 1 aliphatic heterocycles. The van der Waals surface area contributed by atoms with Gasteiger partial charge in [0.25, 0.3) is 0 Å². The number of likely N-dealkylation sites (tertiary alicyclic amines) is 1. The standard InChI is InChI=1S/C19H40N2/c1-3-4-5-6-7-8-9-10-11-13-16-21-17-14-12-15-19(21)18-20-2/h19-20H,3-18H2,1-2H3. The summed E-state index contributed by atoms with van der Waals surface area (Å²) in [5.41, 5.74) is 0. The van der Waals surface area contributed by atoms with Crippen LogP contribution in [0, 0.1) is 0 Å². The summed E-state index contributed by atoms with van der Waals surface area (Å²) in [5.74, 6) is 0. The molecule has 0 aromatic heterocycles. The molecule has 126 valence electrons. The molecular formula is C19H40N2. The van der Waals surface area contributed by atoms with Crippen LogP contribution in [0.4, 0.5) is 0 Å². The van der Waals surface area contributed by atoms with E-state index in [1.807, 2.05) is 0 Å². The minimum absolute atomic E-state index is 0.808. The van der Waals surface area contributed by atoms with Crippen molar-refractivity contribution in [2.75, 3.05) is 26.7 Å². The molecular weight excluding hydrogens is 256 g/mol. The van der Waals surface area contributed by atoms with Crippen molar-refractivity contribution in [3.05, 3.63) is 0 Å². The number of nitrogens with zero attached hydrogens (tertiary/aromatic N) is 1. The molecule has 0 aliphatic carbocycles. The molecule has 1 saturated heterocycles. The Morgan fingerprint density at radius 1 is 0.857 bits per heavy atom. The average molecular weight is 297 g/mol. The summed E-state index contributed by atoms with van der Waals surface area (Å²) < 4.78 is 0. The van der Waals surface area contributed by atoms with E-state index < -0.39 is 0 Å². The Morgan fingerprint density at radius 2 is 1.48 bits per heavy atom. The fraction of sp³-hybridized carbons (Fsp3) is 1.00. The lowest BCUT2D eigenvalue weighted by molar-refractivity contribution is 0.144. The Morgan fingerprint density at radius 3 is 2.10 bits per heavy atom. The van der Waals surface area contributed by atoms with E-state index in [-0.39, 0.29) is 0 Å². The largest absolute Gasteiger partial charge is 0.318 e. The van der Waals surface area contributed by atoms with Gasteiger partial charge in [0.05, 0.1) is 0 Å². The molecule has 0 radical (unpaired) electrons. The van der Waals surface area contributed by atoms with Crippen LogP contribution in [0.15, 0.2) is 0 Å². The van der Waals surface area contributed by atoms with E-state index in [1.165, 1.54) is 103 Å². The van der Waals surface area contributed by atoms with Crippen molar-refractivity contribution < 1.29 is 0 Å². The summed E-state index contributed by atoms with van der Waals surface area (Å²) in [7, 11) is 2.09. The predicted octanol–water partition coefficient (Wildman–Crippen LogP) is 4.98. The Hall–Kier alpha value is -0.0800. The highest BCUT2D eigenvalue weighted by molar-refractivity contribution is 4.78. The van der Waals surface area contributed by atoms with Crippen molar-refractivity contribution in [3.63, 3.8) is 0 Å². The van der Waals surface area contributed by atoms with Gasteiger partial charge in [-0.3, -0.25) is 4.90 Å². The highest BCUT2D eigenvalue weighted by Crippen LogP contribution is 2.17. The van der Waals surface area contributed by atoms with E-state index in [4.69, 9.17) is 0 Å². The summed E-state index contributed by atoms with van der Waals surface area (Å²) >= 11 is 0. The lowest BCUT2D eigenvalue weighted by atomic mass is 10.0. The maximum atomic E-state index is 3.36. The van der Waals surface area contributed by atoms with Gasteiger partial charge < -0.3 is 5.32 Å². The highest BCUT2D eigenvalue weighted by Gasteiger charge is 2.20. The minimum Gasteiger partial charge on any atom is -0.318 e. The molecule has 1 aliphatic rings. The molecule has 0 amide bonds. The van der Waals surface area contributed by atoms with Gasteiger partial charge in [-0.05, 0) is 39.4 Å². The van der Waals surface area contributed by atoms with Crippen LogP contribution in [0.1, 0.15) is 90.4 Å². The number of hydrogen-bond donors (Lipinski definition) is 1. The van der Waals surface area contributed by atoms with E-state index in [0.717, 1.165) is 6.04 Å². The normalized spacial score (nSPS) is 20.0. The number of rotatable bonds is 13. The molecule has 1 heterocycles. The molecule has 1 N–H and O–H groups in total. The van der Waals surface area contributed by atoms with E-state index in [1.54, 1.807) is 0 Å². The first-order valence-corrected chi connectivity index (χ1v) is 9.77. The molecule has 21 heavy (non-hydrogen) atoms. The average Bonchev–Trinajstić information content (AvgIpc) is 2.51. The van der Waals surface area contributed by atoms with Crippen molar-refractivity contribution in [1.29, 1.82) is 0 Å². The summed E-state index contributed by atoms with van der Waals surface area (Å²) in [4.78, 5) is 2.74. The number of unbranched alkanes of at least 4 members (excludes halogenated alkanes) is 9. The topological polar surface area (TPSA) is 15.3 Å². The highest BCUT2D eigenvalue weighted by atomic mass is 15.2. The predicted molar refractivity (Wildman–Crippen MR) is 95.0 cm³/mol. The fourth-order valence-electron chi connectivity index (χ4n) is 3.62. The second-order valence-electron chi connectivity index (χ2n) is 6.93. The lowest BCUT2D eigenvalue weighted by Crippen LogP contribution is -2.45. The molecule has 0 aromatic carbocycles. The van der Waals surface area contributed by atoms with E-state index in [0.29, 0.717) is 0 Å². The van der Waals surface area contributed by atoms with Crippen LogP contribution >= 0.6 is 0 Å². The van der Waals surface area contributed by atoms with Gasteiger partial charge in [-0.15, -0.1) is 0 Å². The van der Waals surface area contributed by atoms with Crippen LogP contribution < -0.4 is 5.32 Å². The monoisotopic (exact) mass is 296 g/mol. The number of nitrogens with one attached hydrogen (secondary N) is 1. The second kappa shape index (κ2) is 13.6. The first kappa shape index (κ1) is 19.0. The third kappa shape index (κ3) is 9.52. The van der Waals surface area contributed by atoms with E-state index in [9.17, 15) is 0 Å². The zero-order chi connectivity index (χ0) is 15.2. The maximum absolute atomic E-state index is 3.36. The molecule has 0 spiro atoms. The smallest absolute Gasteiger partial charge is 0.0220 e. The summed E-state index contributed by atoms with van der Waals surface area (Å²) in [6.07, 6.45) is 18.7. The van der Waals surface area contributed by atoms with E-state index >= 15 is 0 Å². The third-order valence-electron chi connectivity index (χ3n) is 4.99. The van der Waals surface area contributed by atoms with Gasteiger partial charge in [-0.25, -0.2) is 0 Å². The molecule has 1 unspecified atom stereocenters. The molecule has 2 nitrogen and oxygen atoms in total. The van der Waals surface area contributed by atoms with Crippen molar-refractivity contribution >= 4 is 0 Å². The van der Waals surface area contributed by atoms with Crippen LogP contribution in [0.25, 0.3) is 0 Å². The van der Waals surface area contributed by atoms with Gasteiger partial charge in [0, 0.05) is 12.6 Å². The molecule has 1 atom stereocenters. The van der Waals surface area contributed by atoms with Crippen LogP contribution in [-0.2, 0) is 0 Å². The molecule has 1 fully saturated rings. The van der Waals surface area contributed by atoms with Gasteiger partial charge in [0.2, 0.25) is 0 Å². The Labute approximate surface area is 134 Å². The summed E-state index contributed by atoms with van der Waals surface area (Å²) in [5, 5.41) is 3.36. The molecule has 1 rings (SSSR count). The van der Waals surface area contributed by atoms with Crippen LogP contribution in [0.2, 0.25) is 0 Å². The Kier molecular flexibility index (Phi) is 12.3. The number of piperidine rings is 1. The first-order valence-electron chi connectivity index (χ1n) is 9.77. The maximum Gasteiger partial charge on any atom is 0.0220 e. The first-order chi connectivity index (χ1) is 10.4. The summed E-state index contributed by atoms with van der Waals surface area (Å²) in [6, 6.07) is 0.808. The molecule has 2 heteroatoms. The minimum atomic E-state index is 0.808. The summed E-state index contributed by atoms with van der Waals surface area (Å²) in [6.45, 7) is 6.15. The van der Waals surface area contributed by atoms with Crippen LogP contribution in [0.3, 0.4) is 0 Å². The van der Waals surface area contributed by atoms with Gasteiger partial charge in [-0.2, -0.15) is 0 Å². The Balaban J connectivity index is 1.91. The molecule has 0 saturated carbocycles. The fourth-order valence-corrected chi connectivity index (χ4v) is 3.62. The second-order valence-corrected chi connectivity index (χ2v) is 6.93. The zero-order valence-electron chi connectivity index (χ0n) is 14.8. The number of likely N-dealkylation sites (N-methyl/N-ethyl adjacent to an activating group) is 1. The van der Waals surface area contributed by atoms with Gasteiger partial charge in [0.15, 0.2) is 0 Å². The quantitative estimate of drug-likeness (QED) is 0.482. The SMILES string of the molecule is CCCCCCCCCCCCN1CCCCC1CNC. The molecule has 0 aromatic rings. The third-order valence-corrected chi connectivity index (χ3v) is 4.99. The number of hydrogen-bond acceptors (Lipinski definition) is 2. The lowest BCUT2D eigenvalue weighted by Gasteiger charge is -2.35. The van der Waals surface area contributed by atoms with Crippen LogP contribution in [-0.4, -0.2) is 37.6 Å². The van der Waals surface area contributed by atoms with Crippen molar-refractivity contribution in [1.82, 2.24) is 10.2 Å². The van der Waals surface area contributed by atoms with Gasteiger partial charge in [-0.1, -0.05) is 71.1 Å². The van der Waals surface area contributed by atoms with Crippen molar-refractivity contribution in [2.45, 2.75) is 96.4 Å². The van der Waals surface area contributed by atoms with Gasteiger partial charge >= 0.3 is 0 Å². The van der Waals surface area contributed by atoms with E-state index in [2.05, 4.69) is 24.2 Å².